The van der Waals surface area contributed by atoms with Crippen molar-refractivity contribution in [1.29, 1.82) is 0 Å². The minimum Gasteiger partial charge on any atom is -0.454 e. The van der Waals surface area contributed by atoms with E-state index in [1.165, 1.54) is 4.90 Å². The molecule has 5 rings (SSSR count). The third-order valence-corrected chi connectivity index (χ3v) is 5.75. The summed E-state index contributed by atoms with van der Waals surface area (Å²) in [5, 5.41) is 5.60. The molecule has 1 unspecified atom stereocenters. The van der Waals surface area contributed by atoms with Gasteiger partial charge in [-0.15, -0.1) is 0 Å². The predicted molar refractivity (Wildman–Crippen MR) is 110 cm³/mol. The molecule has 2 aromatic rings. The lowest BCUT2D eigenvalue weighted by Gasteiger charge is -2.29. The molecule has 2 saturated heterocycles. The minimum atomic E-state index is -0.632. The summed E-state index contributed by atoms with van der Waals surface area (Å²) >= 11 is 0. The first-order valence-electron chi connectivity index (χ1n) is 10.3. The first kappa shape index (κ1) is 19.4. The number of ether oxygens (including phenoxy) is 1. The Balaban J connectivity index is 1.28. The summed E-state index contributed by atoms with van der Waals surface area (Å²) < 4.78 is 5.89. The number of hydrogen-bond donors (Lipinski definition) is 2. The molecule has 4 heterocycles. The molecule has 0 spiro atoms. The van der Waals surface area contributed by atoms with E-state index in [4.69, 9.17) is 4.74 Å². The van der Waals surface area contributed by atoms with Crippen molar-refractivity contribution in [3.63, 3.8) is 0 Å². The molecule has 0 saturated carbocycles. The second-order valence-electron chi connectivity index (χ2n) is 7.78. The van der Waals surface area contributed by atoms with Crippen molar-refractivity contribution < 1.29 is 19.1 Å². The number of piperazine rings is 1. The summed E-state index contributed by atoms with van der Waals surface area (Å²) in [5.74, 6) is 0.815. The van der Waals surface area contributed by atoms with Crippen LogP contribution in [-0.2, 0) is 16.1 Å². The topological polar surface area (TPSA) is 117 Å². The number of imide groups is 1. The summed E-state index contributed by atoms with van der Waals surface area (Å²) in [6.07, 6.45) is 3.84. The Morgan fingerprint density at radius 1 is 1.03 bits per heavy atom. The van der Waals surface area contributed by atoms with Gasteiger partial charge in [0.2, 0.25) is 17.8 Å². The van der Waals surface area contributed by atoms with Gasteiger partial charge in [0, 0.05) is 44.7 Å². The molecule has 0 bridgehead atoms. The number of piperidine rings is 1. The number of carbonyl (C=O) groups is 3. The number of nitrogens with one attached hydrogen (secondary N) is 2. The van der Waals surface area contributed by atoms with Gasteiger partial charge in [0.15, 0.2) is 5.75 Å². The van der Waals surface area contributed by atoms with Gasteiger partial charge in [0.1, 0.15) is 11.8 Å². The Kier molecular flexibility index (Phi) is 4.99. The second kappa shape index (κ2) is 7.95. The van der Waals surface area contributed by atoms with Gasteiger partial charge in [-0.3, -0.25) is 19.7 Å². The third-order valence-electron chi connectivity index (χ3n) is 5.75. The number of anilines is 1. The van der Waals surface area contributed by atoms with Crippen LogP contribution in [0.25, 0.3) is 0 Å². The van der Waals surface area contributed by atoms with Crippen LogP contribution in [0.5, 0.6) is 11.5 Å². The standard InChI is InChI=1S/C21H22N6O4/c28-18-4-3-17(19(29)25-18)27-12-13-9-14(1-2-16(13)20(27)30)31-15-10-23-21(24-11-15)26-7-5-22-6-8-26/h1-2,9-11,17,22H,3-8,12H2,(H,25,28,29). The van der Waals surface area contributed by atoms with Gasteiger partial charge in [-0.1, -0.05) is 0 Å². The van der Waals surface area contributed by atoms with Gasteiger partial charge in [-0.2, -0.15) is 0 Å². The molecule has 1 aromatic heterocycles. The van der Waals surface area contributed by atoms with Crippen molar-refractivity contribution in [2.24, 2.45) is 0 Å². The molecule has 31 heavy (non-hydrogen) atoms. The Bertz CT molecular complexity index is 1030. The van der Waals surface area contributed by atoms with Gasteiger partial charge in [0.05, 0.1) is 12.4 Å². The molecule has 2 N–H and O–H groups in total. The van der Waals surface area contributed by atoms with Gasteiger partial charge in [0.25, 0.3) is 5.91 Å². The van der Waals surface area contributed by atoms with E-state index in [0.717, 1.165) is 31.7 Å². The van der Waals surface area contributed by atoms with Crippen molar-refractivity contribution in [1.82, 2.24) is 25.5 Å². The fraction of sp³-hybridized carbons (Fsp3) is 0.381. The van der Waals surface area contributed by atoms with E-state index in [1.807, 2.05) is 0 Å². The minimum absolute atomic E-state index is 0.209. The number of fused-ring (bicyclic) bond motifs is 1. The summed E-state index contributed by atoms with van der Waals surface area (Å²) in [4.78, 5) is 48.8. The van der Waals surface area contributed by atoms with Crippen LogP contribution in [0.1, 0.15) is 28.8 Å². The first-order valence-corrected chi connectivity index (χ1v) is 10.3. The van der Waals surface area contributed by atoms with E-state index < -0.39 is 11.9 Å². The molecular formula is C21H22N6O4. The lowest BCUT2D eigenvalue weighted by atomic mass is 10.0. The average Bonchev–Trinajstić information content (AvgIpc) is 3.10. The highest BCUT2D eigenvalue weighted by Crippen LogP contribution is 2.31. The fourth-order valence-corrected chi connectivity index (χ4v) is 4.14. The third kappa shape index (κ3) is 3.81. The van der Waals surface area contributed by atoms with Crippen LogP contribution >= 0.6 is 0 Å². The Morgan fingerprint density at radius 2 is 1.81 bits per heavy atom. The van der Waals surface area contributed by atoms with Crippen molar-refractivity contribution in [2.45, 2.75) is 25.4 Å². The molecule has 3 amide bonds. The quantitative estimate of drug-likeness (QED) is 0.682. The highest BCUT2D eigenvalue weighted by molar-refractivity contribution is 6.05. The van der Waals surface area contributed by atoms with Crippen LogP contribution in [0.3, 0.4) is 0 Å². The Hall–Kier alpha value is -3.53. The maximum Gasteiger partial charge on any atom is 0.255 e. The van der Waals surface area contributed by atoms with Crippen LogP contribution in [0.4, 0.5) is 5.95 Å². The molecule has 0 aliphatic carbocycles. The van der Waals surface area contributed by atoms with Crippen molar-refractivity contribution in [2.75, 3.05) is 31.1 Å². The smallest absolute Gasteiger partial charge is 0.255 e. The molecule has 3 aliphatic rings. The monoisotopic (exact) mass is 422 g/mol. The zero-order chi connectivity index (χ0) is 21.4. The van der Waals surface area contributed by atoms with E-state index in [1.54, 1.807) is 30.6 Å². The Labute approximate surface area is 178 Å². The molecule has 0 radical (unpaired) electrons. The molecule has 3 aliphatic heterocycles. The normalized spacial score (nSPS) is 21.2. The number of aromatic nitrogens is 2. The van der Waals surface area contributed by atoms with Crippen molar-refractivity contribution in [3.8, 4) is 11.5 Å². The molecule has 10 heteroatoms. The molecule has 1 atom stereocenters. The molecule has 10 nitrogen and oxygen atoms in total. The van der Waals surface area contributed by atoms with E-state index in [2.05, 4.69) is 25.5 Å². The summed E-state index contributed by atoms with van der Waals surface area (Å²) in [6.45, 7) is 3.85. The number of hydrogen-bond acceptors (Lipinski definition) is 8. The van der Waals surface area contributed by atoms with Crippen LogP contribution in [0.2, 0.25) is 0 Å². The molecular weight excluding hydrogens is 400 g/mol. The predicted octanol–water partition coefficient (Wildman–Crippen LogP) is 0.440. The van der Waals surface area contributed by atoms with Crippen molar-refractivity contribution >= 4 is 23.7 Å². The maximum atomic E-state index is 12.8. The van der Waals surface area contributed by atoms with Gasteiger partial charge >= 0.3 is 0 Å². The zero-order valence-corrected chi connectivity index (χ0v) is 16.8. The highest BCUT2D eigenvalue weighted by Gasteiger charge is 2.39. The zero-order valence-electron chi connectivity index (χ0n) is 16.8. The van der Waals surface area contributed by atoms with E-state index in [-0.39, 0.29) is 18.2 Å². The van der Waals surface area contributed by atoms with E-state index in [9.17, 15) is 14.4 Å². The van der Waals surface area contributed by atoms with Crippen LogP contribution in [0, 0.1) is 0 Å². The second-order valence-corrected chi connectivity index (χ2v) is 7.78. The molecule has 2 fully saturated rings. The number of benzene rings is 1. The number of nitrogens with zero attached hydrogens (tertiary/aromatic N) is 4. The van der Waals surface area contributed by atoms with Crippen LogP contribution in [0.15, 0.2) is 30.6 Å². The van der Waals surface area contributed by atoms with E-state index in [0.29, 0.717) is 36.0 Å². The Morgan fingerprint density at radius 3 is 2.55 bits per heavy atom. The lowest BCUT2D eigenvalue weighted by molar-refractivity contribution is -0.136. The van der Waals surface area contributed by atoms with Crippen LogP contribution in [-0.4, -0.2) is 64.8 Å². The summed E-state index contributed by atoms with van der Waals surface area (Å²) in [7, 11) is 0. The highest BCUT2D eigenvalue weighted by atomic mass is 16.5. The van der Waals surface area contributed by atoms with Crippen LogP contribution < -0.4 is 20.3 Å². The molecule has 160 valence electrons. The molecule has 1 aromatic carbocycles. The van der Waals surface area contributed by atoms with Crippen molar-refractivity contribution in [3.05, 3.63) is 41.7 Å². The lowest BCUT2D eigenvalue weighted by Crippen LogP contribution is -2.52. The summed E-state index contributed by atoms with van der Waals surface area (Å²) in [5.41, 5.74) is 1.33. The summed E-state index contributed by atoms with van der Waals surface area (Å²) in [6, 6.07) is 4.58. The number of carbonyl (C=O) groups excluding carboxylic acids is 3. The first-order chi connectivity index (χ1) is 15.1. The largest absolute Gasteiger partial charge is 0.454 e. The number of amides is 3. The van der Waals surface area contributed by atoms with Gasteiger partial charge in [-0.05, 0) is 30.2 Å². The van der Waals surface area contributed by atoms with Gasteiger partial charge in [-0.25, -0.2) is 9.97 Å². The maximum absolute atomic E-state index is 12.8. The number of rotatable bonds is 4. The fourth-order valence-electron chi connectivity index (χ4n) is 4.14. The SMILES string of the molecule is O=C1CCC(N2Cc3cc(Oc4cnc(N5CCNCC5)nc4)ccc3C2=O)C(=O)N1. The average molecular weight is 422 g/mol. The van der Waals surface area contributed by atoms with E-state index >= 15 is 0 Å². The van der Waals surface area contributed by atoms with Gasteiger partial charge < -0.3 is 19.9 Å².